The maximum Gasteiger partial charge on any atom is 0.437 e. The van der Waals surface area contributed by atoms with Crippen molar-refractivity contribution in [2.24, 2.45) is 10.2 Å². The van der Waals surface area contributed by atoms with E-state index < -0.39 is 40.9 Å². The highest BCUT2D eigenvalue weighted by Crippen LogP contribution is 2.38. The Hall–Kier alpha value is -3.23. The third-order valence-corrected chi connectivity index (χ3v) is 4.36. The second kappa shape index (κ2) is 8.25. The molecule has 2 heterocycles. The molecule has 0 bridgehead atoms. The Morgan fingerprint density at radius 3 is 2.60 bits per heavy atom. The molecule has 0 N–H and O–H groups in total. The van der Waals surface area contributed by atoms with Gasteiger partial charge in [0.2, 0.25) is 5.75 Å². The van der Waals surface area contributed by atoms with Gasteiger partial charge in [-0.15, -0.1) is 5.11 Å². The molecular formula is C17H8Cl2F3N5O3. The molecular weight excluding hydrogens is 450 g/mol. The number of alkyl halides is 3. The Kier molecular flexibility index (Phi) is 5.91. The van der Waals surface area contributed by atoms with Crippen LogP contribution in [0.5, 0.6) is 11.5 Å². The van der Waals surface area contributed by atoms with E-state index >= 15 is 0 Å². The molecule has 1 atom stereocenters. The van der Waals surface area contributed by atoms with Gasteiger partial charge in [0.1, 0.15) is 22.9 Å². The predicted octanol–water partition coefficient (Wildman–Crippen LogP) is 4.15. The number of aromatic nitrogens is 2. The topological polar surface area (TPSA) is 110 Å². The molecule has 0 fully saturated rings. The number of carbonyl (C=O) groups is 1. The first-order chi connectivity index (χ1) is 14.1. The molecule has 2 aromatic rings. The summed E-state index contributed by atoms with van der Waals surface area (Å²) in [6.45, 7) is -0.250. The molecule has 1 aromatic heterocycles. The molecule has 1 aromatic carbocycles. The van der Waals surface area contributed by atoms with Crippen LogP contribution in [0, 0.1) is 11.3 Å². The van der Waals surface area contributed by atoms with Crippen LogP contribution in [-0.2, 0) is 17.5 Å². The van der Waals surface area contributed by atoms with Gasteiger partial charge in [-0.3, -0.25) is 14.2 Å². The second-order valence-corrected chi connectivity index (χ2v) is 6.65. The number of nitriles is 1. The molecule has 0 radical (unpaired) electrons. The second-order valence-electron chi connectivity index (χ2n) is 5.84. The zero-order valence-corrected chi connectivity index (χ0v) is 16.0. The van der Waals surface area contributed by atoms with Gasteiger partial charge in [0.05, 0.1) is 18.4 Å². The molecule has 0 saturated carbocycles. The molecule has 1 unspecified atom stereocenters. The fourth-order valence-electron chi connectivity index (χ4n) is 2.42. The third-order valence-electron chi connectivity index (χ3n) is 3.75. The number of azo groups is 1. The van der Waals surface area contributed by atoms with Gasteiger partial charge >= 0.3 is 6.18 Å². The Morgan fingerprint density at radius 1 is 1.27 bits per heavy atom. The minimum absolute atomic E-state index is 0.0406. The number of hydrogen-bond acceptors (Lipinski definition) is 6. The van der Waals surface area contributed by atoms with Crippen molar-refractivity contribution < 1.29 is 22.7 Å². The van der Waals surface area contributed by atoms with Crippen molar-refractivity contribution in [3.63, 3.8) is 0 Å². The molecule has 0 aliphatic carbocycles. The summed E-state index contributed by atoms with van der Waals surface area (Å²) in [5.41, 5.74) is -2.93. The molecule has 3 rings (SSSR count). The third kappa shape index (κ3) is 4.50. The van der Waals surface area contributed by atoms with Crippen molar-refractivity contribution in [1.29, 1.82) is 5.26 Å². The number of hydrogen-bond donors (Lipinski definition) is 0. The highest BCUT2D eigenvalue weighted by atomic mass is 35.5. The molecule has 1 amide bonds. The van der Waals surface area contributed by atoms with Gasteiger partial charge in [-0.2, -0.15) is 23.5 Å². The lowest BCUT2D eigenvalue weighted by molar-refractivity contribution is -0.142. The first-order valence-electron chi connectivity index (χ1n) is 7.96. The summed E-state index contributed by atoms with van der Waals surface area (Å²) < 4.78 is 46.2. The lowest BCUT2D eigenvalue weighted by Gasteiger charge is -2.16. The Balaban J connectivity index is 2.08. The Labute approximate surface area is 175 Å². The standard InChI is InChI=1S/C17H8Cl2F3N5O3/c18-9-3-8(5-23)13(19)11(4-9)30-14-15(17(20,21)22)24-7-27(16(14)29)6-10-1-2-12(28)26-25-10/h1-4,7,10H,6H2. The number of ether oxygens (including phenoxy) is 1. The van der Waals surface area contributed by atoms with Crippen LogP contribution in [0.1, 0.15) is 11.3 Å². The molecule has 1 aliphatic heterocycles. The molecule has 0 spiro atoms. The van der Waals surface area contributed by atoms with Crippen LogP contribution in [0.4, 0.5) is 13.2 Å². The van der Waals surface area contributed by atoms with Crippen LogP contribution in [0.3, 0.4) is 0 Å². The minimum atomic E-state index is -5.02. The minimum Gasteiger partial charge on any atom is -0.448 e. The summed E-state index contributed by atoms with van der Waals surface area (Å²) in [6, 6.07) is 3.19. The average Bonchev–Trinajstić information content (AvgIpc) is 2.68. The Morgan fingerprint density at radius 2 is 2.00 bits per heavy atom. The van der Waals surface area contributed by atoms with Crippen LogP contribution in [0.25, 0.3) is 0 Å². The molecule has 1 aliphatic rings. The van der Waals surface area contributed by atoms with Crippen LogP contribution in [0.15, 0.2) is 45.6 Å². The monoisotopic (exact) mass is 457 g/mol. The fraction of sp³-hybridized carbons (Fsp3) is 0.176. The van der Waals surface area contributed by atoms with Gasteiger partial charge in [-0.05, 0) is 6.07 Å². The summed E-state index contributed by atoms with van der Waals surface area (Å²) in [4.78, 5) is 27.0. The summed E-state index contributed by atoms with van der Waals surface area (Å²) in [5, 5.41) is 15.7. The van der Waals surface area contributed by atoms with E-state index in [0.717, 1.165) is 16.7 Å². The lowest BCUT2D eigenvalue weighted by Crippen LogP contribution is -2.29. The zero-order valence-electron chi connectivity index (χ0n) is 14.5. The number of amides is 1. The number of benzene rings is 1. The lowest BCUT2D eigenvalue weighted by atomic mass is 10.2. The summed E-state index contributed by atoms with van der Waals surface area (Å²) in [7, 11) is 0. The van der Waals surface area contributed by atoms with Gasteiger partial charge < -0.3 is 4.74 Å². The van der Waals surface area contributed by atoms with Gasteiger partial charge in [0.25, 0.3) is 11.5 Å². The predicted molar refractivity (Wildman–Crippen MR) is 97.5 cm³/mol. The van der Waals surface area contributed by atoms with E-state index in [4.69, 9.17) is 33.2 Å². The van der Waals surface area contributed by atoms with E-state index in [0.29, 0.717) is 6.33 Å². The van der Waals surface area contributed by atoms with Crippen LogP contribution in [-0.4, -0.2) is 21.5 Å². The van der Waals surface area contributed by atoms with E-state index in [-0.39, 0.29) is 22.2 Å². The first-order valence-corrected chi connectivity index (χ1v) is 8.72. The quantitative estimate of drug-likeness (QED) is 0.684. The molecule has 13 heteroatoms. The van der Waals surface area contributed by atoms with Gasteiger partial charge in [-0.25, -0.2) is 4.98 Å². The van der Waals surface area contributed by atoms with E-state index in [1.165, 1.54) is 12.1 Å². The zero-order chi connectivity index (χ0) is 22.1. The maximum absolute atomic E-state index is 13.4. The number of nitrogens with zero attached hydrogens (tertiary/aromatic N) is 5. The molecule has 154 valence electrons. The van der Waals surface area contributed by atoms with Crippen molar-refractivity contribution >= 4 is 29.1 Å². The van der Waals surface area contributed by atoms with E-state index in [1.54, 1.807) is 6.07 Å². The molecule has 30 heavy (non-hydrogen) atoms. The van der Waals surface area contributed by atoms with Gasteiger partial charge in [0, 0.05) is 17.2 Å². The first kappa shape index (κ1) is 21.5. The van der Waals surface area contributed by atoms with Crippen molar-refractivity contribution in [3.8, 4) is 17.6 Å². The normalized spacial score (nSPS) is 15.9. The van der Waals surface area contributed by atoms with Crippen LogP contribution in [0.2, 0.25) is 10.0 Å². The SMILES string of the molecule is N#Cc1cc(Cl)cc(Oc2c(C(F)(F)F)ncn(CC3C=CC(=O)N=N3)c2=O)c1Cl. The fourth-order valence-corrected chi connectivity index (χ4v) is 2.82. The van der Waals surface area contributed by atoms with E-state index in [1.807, 2.05) is 0 Å². The van der Waals surface area contributed by atoms with Crippen molar-refractivity contribution in [2.75, 3.05) is 0 Å². The van der Waals surface area contributed by atoms with Crippen LogP contribution >= 0.6 is 23.2 Å². The average molecular weight is 458 g/mol. The largest absolute Gasteiger partial charge is 0.448 e. The van der Waals surface area contributed by atoms with E-state index in [2.05, 4.69) is 15.2 Å². The number of rotatable bonds is 4. The smallest absolute Gasteiger partial charge is 0.437 e. The highest BCUT2D eigenvalue weighted by molar-refractivity contribution is 6.35. The summed E-state index contributed by atoms with van der Waals surface area (Å²) >= 11 is 11.8. The molecule has 8 nitrogen and oxygen atoms in total. The van der Waals surface area contributed by atoms with E-state index in [9.17, 15) is 22.8 Å². The van der Waals surface area contributed by atoms with Crippen molar-refractivity contribution in [3.05, 3.63) is 62.3 Å². The maximum atomic E-state index is 13.4. The van der Waals surface area contributed by atoms with Crippen LogP contribution < -0.4 is 10.3 Å². The van der Waals surface area contributed by atoms with Gasteiger partial charge in [-0.1, -0.05) is 29.3 Å². The van der Waals surface area contributed by atoms with Crippen molar-refractivity contribution in [2.45, 2.75) is 18.8 Å². The molecule has 0 saturated heterocycles. The summed E-state index contributed by atoms with van der Waals surface area (Å²) in [6.07, 6.45) is -1.88. The summed E-state index contributed by atoms with van der Waals surface area (Å²) in [5.74, 6) is -2.19. The van der Waals surface area contributed by atoms with Gasteiger partial charge in [0.15, 0.2) is 5.69 Å². The number of carbonyl (C=O) groups excluding carboxylic acids is 1. The Bertz CT molecular complexity index is 1170. The highest BCUT2D eigenvalue weighted by Gasteiger charge is 2.39. The number of halogens is 5. The van der Waals surface area contributed by atoms with Crippen molar-refractivity contribution in [1.82, 2.24) is 9.55 Å².